The molecule has 0 fully saturated rings. The highest BCUT2D eigenvalue weighted by Crippen LogP contribution is 2.42. The van der Waals surface area contributed by atoms with Crippen LogP contribution in [0, 0.1) is 0 Å². The molecule has 3 aromatic rings. The van der Waals surface area contributed by atoms with Gasteiger partial charge < -0.3 is 14.2 Å². The predicted molar refractivity (Wildman–Crippen MR) is 118 cm³/mol. The van der Waals surface area contributed by atoms with Gasteiger partial charge in [0, 0.05) is 11.1 Å². The molecule has 0 atom stereocenters. The summed E-state index contributed by atoms with van der Waals surface area (Å²) in [4.78, 5) is 12.6. The molecule has 7 nitrogen and oxygen atoms in total. The van der Waals surface area contributed by atoms with Gasteiger partial charge >= 0.3 is 0 Å². The lowest BCUT2D eigenvalue weighted by Crippen LogP contribution is -2.14. The summed E-state index contributed by atoms with van der Waals surface area (Å²) in [5.74, 6) is 1.31. The van der Waals surface area contributed by atoms with E-state index in [4.69, 9.17) is 14.2 Å². The average Bonchev–Trinajstić information content (AvgIpc) is 3.20. The van der Waals surface area contributed by atoms with Gasteiger partial charge in [0.25, 0.3) is 5.91 Å². The highest BCUT2D eigenvalue weighted by molar-refractivity contribution is 7.18. The monoisotopic (exact) mass is 427 g/mol. The van der Waals surface area contributed by atoms with Crippen molar-refractivity contribution in [1.82, 2.24) is 10.2 Å². The van der Waals surface area contributed by atoms with Crippen molar-refractivity contribution >= 4 is 22.4 Å². The van der Waals surface area contributed by atoms with Crippen LogP contribution in [0.1, 0.15) is 36.7 Å². The van der Waals surface area contributed by atoms with Crippen molar-refractivity contribution < 1.29 is 19.0 Å². The Kier molecular flexibility index (Phi) is 6.26. The Morgan fingerprint density at radius 2 is 1.53 bits per heavy atom. The number of carbonyl (C=O) groups is 1. The van der Waals surface area contributed by atoms with Crippen LogP contribution in [-0.4, -0.2) is 37.4 Å². The summed E-state index contributed by atoms with van der Waals surface area (Å²) in [6.45, 7) is 6.40. The van der Waals surface area contributed by atoms with Crippen molar-refractivity contribution in [2.24, 2.45) is 0 Å². The van der Waals surface area contributed by atoms with Crippen molar-refractivity contribution in [3.8, 4) is 27.8 Å². The first-order chi connectivity index (χ1) is 14.3. The van der Waals surface area contributed by atoms with Crippen molar-refractivity contribution in [2.45, 2.75) is 26.2 Å². The SMILES string of the molecule is COc1cc(-c2nnc(NC(=O)c3ccc(C(C)(C)C)cc3)s2)cc(OC)c1OC. The molecule has 8 heteroatoms. The minimum absolute atomic E-state index is 0.0314. The Hall–Kier alpha value is -3.13. The largest absolute Gasteiger partial charge is 0.493 e. The first-order valence-corrected chi connectivity index (χ1v) is 10.1. The number of nitrogens with zero attached hydrogens (tertiary/aromatic N) is 2. The quantitative estimate of drug-likeness (QED) is 0.610. The summed E-state index contributed by atoms with van der Waals surface area (Å²) in [7, 11) is 4.65. The predicted octanol–water partition coefficient (Wildman–Crippen LogP) is 4.78. The summed E-state index contributed by atoms with van der Waals surface area (Å²) in [6.07, 6.45) is 0. The standard InChI is InChI=1S/C22H25N3O4S/c1-22(2,3)15-9-7-13(8-10-15)19(26)23-21-25-24-20(30-21)14-11-16(27-4)18(29-6)17(12-14)28-5/h7-12H,1-6H3,(H,23,25,26). The highest BCUT2D eigenvalue weighted by Gasteiger charge is 2.18. The van der Waals surface area contributed by atoms with Crippen LogP contribution in [-0.2, 0) is 5.41 Å². The first kappa shape index (κ1) is 21.6. The molecule has 0 spiro atoms. The van der Waals surface area contributed by atoms with Gasteiger partial charge in [0.2, 0.25) is 10.9 Å². The number of amides is 1. The van der Waals surface area contributed by atoms with Crippen molar-refractivity contribution in [3.05, 3.63) is 47.5 Å². The van der Waals surface area contributed by atoms with Crippen LogP contribution in [0.3, 0.4) is 0 Å². The van der Waals surface area contributed by atoms with Gasteiger partial charge in [-0.25, -0.2) is 0 Å². The number of benzene rings is 2. The molecule has 0 unspecified atom stereocenters. The fourth-order valence-electron chi connectivity index (χ4n) is 2.89. The van der Waals surface area contributed by atoms with E-state index in [0.717, 1.165) is 5.56 Å². The molecular formula is C22H25N3O4S. The molecule has 0 saturated heterocycles. The fraction of sp³-hybridized carbons (Fsp3) is 0.318. The molecule has 1 heterocycles. The number of ether oxygens (including phenoxy) is 3. The zero-order valence-corrected chi connectivity index (χ0v) is 18.7. The number of hydrogen-bond donors (Lipinski definition) is 1. The van der Waals surface area contributed by atoms with Gasteiger partial charge in [-0.1, -0.05) is 44.2 Å². The third-order valence-corrected chi connectivity index (χ3v) is 5.46. The molecule has 2 aromatic carbocycles. The summed E-state index contributed by atoms with van der Waals surface area (Å²) >= 11 is 1.26. The maximum absolute atomic E-state index is 12.6. The summed E-state index contributed by atoms with van der Waals surface area (Å²) in [6, 6.07) is 11.2. The van der Waals surface area contributed by atoms with Crippen LogP contribution >= 0.6 is 11.3 Å². The molecule has 0 bridgehead atoms. The van der Waals surface area contributed by atoms with Gasteiger partial charge in [-0.15, -0.1) is 10.2 Å². The maximum atomic E-state index is 12.6. The van der Waals surface area contributed by atoms with Crippen LogP contribution in [0.2, 0.25) is 0 Å². The molecule has 0 aliphatic rings. The van der Waals surface area contributed by atoms with E-state index in [1.807, 2.05) is 24.3 Å². The molecule has 0 aliphatic carbocycles. The zero-order chi connectivity index (χ0) is 21.9. The van der Waals surface area contributed by atoms with Gasteiger partial charge in [-0.05, 0) is 35.2 Å². The van der Waals surface area contributed by atoms with E-state index in [1.165, 1.54) is 16.9 Å². The number of methoxy groups -OCH3 is 3. The lowest BCUT2D eigenvalue weighted by Gasteiger charge is -2.18. The van der Waals surface area contributed by atoms with Crippen LogP contribution in [0.15, 0.2) is 36.4 Å². The van der Waals surface area contributed by atoms with Gasteiger partial charge in [-0.2, -0.15) is 0 Å². The molecule has 0 radical (unpaired) electrons. The molecule has 1 N–H and O–H groups in total. The van der Waals surface area contributed by atoms with Crippen LogP contribution in [0.5, 0.6) is 17.2 Å². The first-order valence-electron chi connectivity index (χ1n) is 9.32. The van der Waals surface area contributed by atoms with E-state index < -0.39 is 0 Å². The molecule has 30 heavy (non-hydrogen) atoms. The molecule has 0 saturated carbocycles. The number of anilines is 1. The number of aromatic nitrogens is 2. The molecule has 1 aromatic heterocycles. The van der Waals surface area contributed by atoms with Gasteiger partial charge in [-0.3, -0.25) is 10.1 Å². The third kappa shape index (κ3) is 4.54. The van der Waals surface area contributed by atoms with Gasteiger partial charge in [0.1, 0.15) is 5.01 Å². The zero-order valence-electron chi connectivity index (χ0n) is 17.9. The number of carbonyl (C=O) groups excluding carboxylic acids is 1. The fourth-order valence-corrected chi connectivity index (χ4v) is 3.61. The third-order valence-electron chi connectivity index (χ3n) is 4.57. The second-order valence-corrected chi connectivity index (χ2v) is 8.59. The van der Waals surface area contributed by atoms with Crippen LogP contribution in [0.4, 0.5) is 5.13 Å². The van der Waals surface area contributed by atoms with E-state index in [1.54, 1.807) is 33.5 Å². The Balaban J connectivity index is 1.81. The molecule has 0 aliphatic heterocycles. The average molecular weight is 428 g/mol. The van der Waals surface area contributed by atoms with E-state index in [9.17, 15) is 4.79 Å². The van der Waals surface area contributed by atoms with Crippen molar-refractivity contribution in [1.29, 1.82) is 0 Å². The van der Waals surface area contributed by atoms with E-state index >= 15 is 0 Å². The summed E-state index contributed by atoms with van der Waals surface area (Å²) < 4.78 is 16.1. The lowest BCUT2D eigenvalue weighted by atomic mass is 9.87. The normalized spacial score (nSPS) is 11.1. The molecule has 1 amide bonds. The number of rotatable bonds is 6. The van der Waals surface area contributed by atoms with E-state index in [0.29, 0.717) is 33.0 Å². The van der Waals surface area contributed by atoms with Gasteiger partial charge in [0.15, 0.2) is 11.5 Å². The topological polar surface area (TPSA) is 82.6 Å². The van der Waals surface area contributed by atoms with Crippen LogP contribution < -0.4 is 19.5 Å². The minimum atomic E-state index is -0.233. The number of hydrogen-bond acceptors (Lipinski definition) is 7. The Labute approximate surface area is 180 Å². The Morgan fingerprint density at radius 3 is 2.03 bits per heavy atom. The summed E-state index contributed by atoms with van der Waals surface area (Å²) in [5.41, 5.74) is 2.51. The van der Waals surface area contributed by atoms with E-state index in [-0.39, 0.29) is 11.3 Å². The lowest BCUT2D eigenvalue weighted by molar-refractivity contribution is 0.102. The minimum Gasteiger partial charge on any atom is -0.493 e. The van der Waals surface area contributed by atoms with Crippen molar-refractivity contribution in [3.63, 3.8) is 0 Å². The smallest absolute Gasteiger partial charge is 0.257 e. The summed E-state index contributed by atoms with van der Waals surface area (Å²) in [5, 5.41) is 12.1. The molecule has 3 rings (SSSR count). The molecule has 158 valence electrons. The number of nitrogens with one attached hydrogen (secondary N) is 1. The molecular weight excluding hydrogens is 402 g/mol. The van der Waals surface area contributed by atoms with Crippen LogP contribution in [0.25, 0.3) is 10.6 Å². The maximum Gasteiger partial charge on any atom is 0.257 e. The Bertz CT molecular complexity index is 1010. The van der Waals surface area contributed by atoms with E-state index in [2.05, 4.69) is 36.3 Å². The second-order valence-electron chi connectivity index (χ2n) is 7.61. The van der Waals surface area contributed by atoms with Crippen molar-refractivity contribution in [2.75, 3.05) is 26.6 Å². The Morgan fingerprint density at radius 1 is 0.933 bits per heavy atom. The van der Waals surface area contributed by atoms with Gasteiger partial charge in [0.05, 0.1) is 21.3 Å². The second kappa shape index (κ2) is 8.71. The highest BCUT2D eigenvalue weighted by atomic mass is 32.1.